The number of carbonyl (C=O) groups excluding carboxylic acids is 1. The van der Waals surface area contributed by atoms with E-state index < -0.39 is 6.04 Å². The van der Waals surface area contributed by atoms with E-state index in [9.17, 15) is 9.59 Å². The first-order chi connectivity index (χ1) is 18.3. The summed E-state index contributed by atoms with van der Waals surface area (Å²) in [6.07, 6.45) is 1.76. The molecule has 0 fully saturated rings. The van der Waals surface area contributed by atoms with Gasteiger partial charge in [-0.1, -0.05) is 29.0 Å². The van der Waals surface area contributed by atoms with Crippen LogP contribution in [0.1, 0.15) is 37.9 Å². The van der Waals surface area contributed by atoms with Gasteiger partial charge in [-0.3, -0.25) is 14.2 Å². The van der Waals surface area contributed by atoms with Gasteiger partial charge in [0.15, 0.2) is 4.80 Å². The van der Waals surface area contributed by atoms with Gasteiger partial charge < -0.3 is 19.1 Å². The molecule has 3 aromatic rings. The lowest BCUT2D eigenvalue weighted by atomic mass is 9.93. The molecule has 4 rings (SSSR count). The van der Waals surface area contributed by atoms with Gasteiger partial charge >= 0.3 is 0 Å². The number of thiazole rings is 1. The van der Waals surface area contributed by atoms with Crippen molar-refractivity contribution < 1.29 is 19.0 Å². The zero-order valence-corrected chi connectivity index (χ0v) is 23.8. The fourth-order valence-electron chi connectivity index (χ4n) is 4.55. The van der Waals surface area contributed by atoms with Gasteiger partial charge in [0.1, 0.15) is 23.3 Å². The van der Waals surface area contributed by atoms with Gasteiger partial charge in [0.2, 0.25) is 0 Å². The molecule has 1 aliphatic rings. The minimum absolute atomic E-state index is 0.178. The molecule has 2 heterocycles. The van der Waals surface area contributed by atoms with E-state index in [1.807, 2.05) is 19.9 Å². The maximum absolute atomic E-state index is 14.0. The predicted octanol–water partition coefficient (Wildman–Crippen LogP) is 3.78. The van der Waals surface area contributed by atoms with E-state index >= 15 is 0 Å². The summed E-state index contributed by atoms with van der Waals surface area (Å²) < 4.78 is 18.4. The van der Waals surface area contributed by atoms with Crippen molar-refractivity contribution in [2.45, 2.75) is 26.8 Å². The average Bonchev–Trinajstić information content (AvgIpc) is 3.22. The highest BCUT2D eigenvalue weighted by Crippen LogP contribution is 2.38. The Hall–Kier alpha value is -3.56. The predicted molar refractivity (Wildman–Crippen MR) is 149 cm³/mol. The van der Waals surface area contributed by atoms with E-state index in [-0.39, 0.29) is 11.5 Å². The fraction of sp³-hybridized carbons (Fsp3) is 0.321. The molecule has 0 bridgehead atoms. The van der Waals surface area contributed by atoms with E-state index in [2.05, 4.69) is 0 Å². The second-order valence-electron chi connectivity index (χ2n) is 8.56. The van der Waals surface area contributed by atoms with E-state index in [4.69, 9.17) is 30.8 Å². The Morgan fingerprint density at radius 3 is 2.37 bits per heavy atom. The van der Waals surface area contributed by atoms with Gasteiger partial charge in [-0.2, -0.15) is 0 Å². The number of methoxy groups -OCH3 is 3. The largest absolute Gasteiger partial charge is 0.497 e. The third kappa shape index (κ3) is 4.96. The number of ether oxygens (including phenoxy) is 3. The van der Waals surface area contributed by atoms with Crippen molar-refractivity contribution in [3.05, 3.63) is 83.5 Å². The molecule has 2 aromatic carbocycles. The van der Waals surface area contributed by atoms with Crippen LogP contribution < -0.4 is 29.1 Å². The SMILES string of the molecule is CCN(CC)C(=O)C1=C(C)N=c2s/c(=C\c3ccc(OC)c(Cl)c3)c(=O)n2[C@H]1c1cc(OC)ccc1OC. The second-order valence-corrected chi connectivity index (χ2v) is 9.98. The highest BCUT2D eigenvalue weighted by molar-refractivity contribution is 7.07. The van der Waals surface area contributed by atoms with Crippen LogP contribution in [0.3, 0.4) is 0 Å². The molecule has 0 aliphatic carbocycles. The number of aromatic nitrogens is 1. The molecule has 1 atom stereocenters. The van der Waals surface area contributed by atoms with Crippen LogP contribution in [0, 0.1) is 0 Å². The van der Waals surface area contributed by atoms with Gasteiger partial charge in [-0.05, 0) is 62.7 Å². The normalized spacial score (nSPS) is 15.1. The van der Waals surface area contributed by atoms with Crippen LogP contribution in [0.15, 0.2) is 57.5 Å². The van der Waals surface area contributed by atoms with Crippen LogP contribution in [0.25, 0.3) is 6.08 Å². The molecular formula is C28H30ClN3O5S. The first-order valence-electron chi connectivity index (χ1n) is 12.1. The molecular weight excluding hydrogens is 526 g/mol. The summed E-state index contributed by atoms with van der Waals surface area (Å²) in [6.45, 7) is 6.70. The van der Waals surface area contributed by atoms with Crippen LogP contribution in [0.2, 0.25) is 5.02 Å². The Balaban J connectivity index is 2.01. The van der Waals surface area contributed by atoms with Crippen molar-refractivity contribution in [1.29, 1.82) is 0 Å². The molecule has 1 aromatic heterocycles. The Morgan fingerprint density at radius 1 is 1.08 bits per heavy atom. The third-order valence-electron chi connectivity index (χ3n) is 6.51. The van der Waals surface area contributed by atoms with E-state index in [1.54, 1.807) is 74.1 Å². The molecule has 0 saturated carbocycles. The molecule has 8 nitrogen and oxygen atoms in total. The number of fused-ring (bicyclic) bond motifs is 1. The number of allylic oxidation sites excluding steroid dienone is 1. The molecule has 0 radical (unpaired) electrons. The average molecular weight is 556 g/mol. The molecule has 0 saturated heterocycles. The van der Waals surface area contributed by atoms with Crippen molar-refractivity contribution >= 4 is 34.9 Å². The summed E-state index contributed by atoms with van der Waals surface area (Å²) in [6, 6.07) is 9.91. The number of rotatable bonds is 8. The van der Waals surface area contributed by atoms with Crippen molar-refractivity contribution in [1.82, 2.24) is 9.47 Å². The van der Waals surface area contributed by atoms with Gasteiger partial charge in [0, 0.05) is 18.7 Å². The van der Waals surface area contributed by atoms with E-state index in [0.717, 1.165) is 5.56 Å². The number of amides is 1. The quantitative estimate of drug-likeness (QED) is 0.422. The second kappa shape index (κ2) is 11.4. The number of nitrogens with zero attached hydrogens (tertiary/aromatic N) is 3. The minimum atomic E-state index is -0.758. The van der Waals surface area contributed by atoms with Crippen molar-refractivity contribution in [2.24, 2.45) is 4.99 Å². The zero-order chi connectivity index (χ0) is 27.6. The highest BCUT2D eigenvalue weighted by atomic mass is 35.5. The summed E-state index contributed by atoms with van der Waals surface area (Å²) in [7, 11) is 4.68. The van der Waals surface area contributed by atoms with Crippen LogP contribution in [0.4, 0.5) is 0 Å². The van der Waals surface area contributed by atoms with Crippen molar-refractivity contribution in [3.8, 4) is 17.2 Å². The molecule has 10 heteroatoms. The maximum atomic E-state index is 14.0. The summed E-state index contributed by atoms with van der Waals surface area (Å²) in [5.74, 6) is 1.49. The number of likely N-dealkylation sites (N-methyl/N-ethyl adjacent to an activating group) is 1. The smallest absolute Gasteiger partial charge is 0.271 e. The van der Waals surface area contributed by atoms with E-state index in [1.165, 1.54) is 11.3 Å². The maximum Gasteiger partial charge on any atom is 0.271 e. The number of hydrogen-bond donors (Lipinski definition) is 0. The summed E-state index contributed by atoms with van der Waals surface area (Å²) in [5.41, 5.74) is 2.08. The molecule has 1 aliphatic heterocycles. The Kier molecular flexibility index (Phi) is 8.28. The van der Waals surface area contributed by atoms with Gasteiger partial charge in [0.25, 0.3) is 11.5 Å². The number of hydrogen-bond acceptors (Lipinski definition) is 7. The molecule has 0 N–H and O–H groups in total. The van der Waals surface area contributed by atoms with Crippen molar-refractivity contribution in [2.75, 3.05) is 34.4 Å². The van der Waals surface area contributed by atoms with Crippen molar-refractivity contribution in [3.63, 3.8) is 0 Å². The van der Waals surface area contributed by atoms with Gasteiger partial charge in [-0.15, -0.1) is 0 Å². The standard InChI is InChI=1S/C28H30ClN3O5S/c1-7-31(8-2)27(34)24-16(3)30-28-32(25(24)19-15-18(35-4)10-12-21(19)36-5)26(33)23(38-28)14-17-9-11-22(37-6)20(29)13-17/h9-15,25H,7-8H2,1-6H3/b23-14-/t25-/m0/s1. The number of carbonyl (C=O) groups is 1. The first kappa shape index (κ1) is 27.5. The fourth-order valence-corrected chi connectivity index (χ4v) is 5.86. The lowest BCUT2D eigenvalue weighted by Gasteiger charge is -2.30. The zero-order valence-electron chi connectivity index (χ0n) is 22.2. The van der Waals surface area contributed by atoms with Crippen LogP contribution in [-0.4, -0.2) is 49.8 Å². The Bertz CT molecular complexity index is 1590. The van der Waals surface area contributed by atoms with Crippen LogP contribution in [0.5, 0.6) is 17.2 Å². The lowest BCUT2D eigenvalue weighted by molar-refractivity contribution is -0.127. The number of benzene rings is 2. The lowest BCUT2D eigenvalue weighted by Crippen LogP contribution is -2.43. The van der Waals surface area contributed by atoms with E-state index in [0.29, 0.717) is 61.5 Å². The summed E-state index contributed by atoms with van der Waals surface area (Å²) in [5, 5.41) is 0.441. The Labute approximate surface area is 230 Å². The Morgan fingerprint density at radius 2 is 1.76 bits per heavy atom. The highest BCUT2D eigenvalue weighted by Gasteiger charge is 2.36. The summed E-state index contributed by atoms with van der Waals surface area (Å²) >= 11 is 7.57. The van der Waals surface area contributed by atoms with Crippen LogP contribution >= 0.6 is 22.9 Å². The first-order valence-corrected chi connectivity index (χ1v) is 13.3. The van der Waals surface area contributed by atoms with Gasteiger partial charge in [0.05, 0.1) is 42.2 Å². The third-order valence-corrected chi connectivity index (χ3v) is 7.79. The molecule has 0 spiro atoms. The topological polar surface area (TPSA) is 82.4 Å². The number of halogens is 1. The monoisotopic (exact) mass is 555 g/mol. The van der Waals surface area contributed by atoms with Crippen LogP contribution in [-0.2, 0) is 4.79 Å². The summed E-state index contributed by atoms with van der Waals surface area (Å²) in [4.78, 5) is 34.7. The minimum Gasteiger partial charge on any atom is -0.497 e. The molecule has 38 heavy (non-hydrogen) atoms. The molecule has 0 unspecified atom stereocenters. The van der Waals surface area contributed by atoms with Gasteiger partial charge in [-0.25, -0.2) is 4.99 Å². The molecule has 200 valence electrons. The molecule has 1 amide bonds.